The molecule has 0 fully saturated rings. The van der Waals surface area contributed by atoms with Gasteiger partial charge in [0.05, 0.1) is 17.1 Å². The van der Waals surface area contributed by atoms with E-state index >= 15 is 0 Å². The summed E-state index contributed by atoms with van der Waals surface area (Å²) >= 11 is 13.7. The average molecular weight is 391 g/mol. The van der Waals surface area contributed by atoms with Gasteiger partial charge in [0.15, 0.2) is 0 Å². The molecule has 3 aromatic rings. The Hall–Kier alpha value is -1.88. The molecule has 0 aliphatic heterocycles. The van der Waals surface area contributed by atoms with Gasteiger partial charge in [0.2, 0.25) is 5.91 Å². The molecule has 0 saturated carbocycles. The average Bonchev–Trinajstić information content (AvgIpc) is 3.03. The maximum atomic E-state index is 12.4. The Morgan fingerprint density at radius 3 is 2.72 bits per heavy atom. The molecule has 6 heteroatoms. The lowest BCUT2D eigenvalue weighted by molar-refractivity contribution is -0.129. The van der Waals surface area contributed by atoms with Crippen LogP contribution in [0.2, 0.25) is 10.0 Å². The van der Waals surface area contributed by atoms with Crippen molar-refractivity contribution in [3.05, 3.63) is 75.2 Å². The number of hydrogen-bond donors (Lipinski definition) is 0. The van der Waals surface area contributed by atoms with Gasteiger partial charge in [-0.25, -0.2) is 4.98 Å². The van der Waals surface area contributed by atoms with E-state index in [0.717, 1.165) is 21.8 Å². The van der Waals surface area contributed by atoms with Crippen molar-refractivity contribution < 1.29 is 4.79 Å². The molecular weight excluding hydrogens is 375 g/mol. The molecule has 0 atom stereocenters. The van der Waals surface area contributed by atoms with Crippen LogP contribution in [0.15, 0.2) is 53.9 Å². The highest BCUT2D eigenvalue weighted by molar-refractivity contribution is 7.13. The standard InChI is InChI=1S/C19H16Cl2N2OS/c1-23(11-13-5-4-6-14(20)9-13)18(24)10-15-12-25-19(22-15)16-7-2-3-8-17(16)21/h2-9,12H,10-11H2,1H3. The van der Waals surface area contributed by atoms with Crippen LogP contribution in [0.25, 0.3) is 10.6 Å². The normalized spacial score (nSPS) is 10.7. The molecule has 3 nitrogen and oxygen atoms in total. The molecule has 1 heterocycles. The van der Waals surface area contributed by atoms with Crippen molar-refractivity contribution in [3.63, 3.8) is 0 Å². The number of carbonyl (C=O) groups is 1. The number of rotatable bonds is 5. The van der Waals surface area contributed by atoms with Crippen molar-refractivity contribution in [3.8, 4) is 10.6 Å². The number of benzene rings is 2. The second kappa shape index (κ2) is 8.00. The topological polar surface area (TPSA) is 33.2 Å². The monoisotopic (exact) mass is 390 g/mol. The van der Waals surface area contributed by atoms with Gasteiger partial charge in [-0.2, -0.15) is 0 Å². The summed E-state index contributed by atoms with van der Waals surface area (Å²) in [6, 6.07) is 15.1. The maximum absolute atomic E-state index is 12.4. The molecule has 1 amide bonds. The van der Waals surface area contributed by atoms with Crippen LogP contribution in [-0.4, -0.2) is 22.8 Å². The third-order valence-corrected chi connectivity index (χ3v) is 5.21. The highest BCUT2D eigenvalue weighted by Crippen LogP contribution is 2.30. The first-order chi connectivity index (χ1) is 12.0. The maximum Gasteiger partial charge on any atom is 0.228 e. The third kappa shape index (κ3) is 4.60. The van der Waals surface area contributed by atoms with Gasteiger partial charge >= 0.3 is 0 Å². The molecular formula is C19H16Cl2N2OS. The third-order valence-electron chi connectivity index (χ3n) is 3.72. The van der Waals surface area contributed by atoms with Crippen molar-refractivity contribution >= 4 is 40.4 Å². The van der Waals surface area contributed by atoms with Crippen LogP contribution in [0, 0.1) is 0 Å². The molecule has 0 N–H and O–H groups in total. The van der Waals surface area contributed by atoms with Crippen molar-refractivity contribution in [1.82, 2.24) is 9.88 Å². The minimum absolute atomic E-state index is 0.0102. The summed E-state index contributed by atoms with van der Waals surface area (Å²) in [6.45, 7) is 0.515. The first kappa shape index (κ1) is 17.9. The lowest BCUT2D eigenvalue weighted by Crippen LogP contribution is -2.27. The van der Waals surface area contributed by atoms with Crippen LogP contribution in [0.5, 0.6) is 0 Å². The zero-order chi connectivity index (χ0) is 17.8. The zero-order valence-corrected chi connectivity index (χ0v) is 15.9. The lowest BCUT2D eigenvalue weighted by Gasteiger charge is -2.16. The van der Waals surface area contributed by atoms with Gasteiger partial charge in [-0.3, -0.25) is 4.79 Å². The van der Waals surface area contributed by atoms with Crippen LogP contribution in [0.1, 0.15) is 11.3 Å². The van der Waals surface area contributed by atoms with E-state index in [1.807, 2.05) is 53.9 Å². The minimum atomic E-state index is 0.0102. The summed E-state index contributed by atoms with van der Waals surface area (Å²) in [6.07, 6.45) is 0.262. The van der Waals surface area contributed by atoms with Crippen molar-refractivity contribution in [1.29, 1.82) is 0 Å². The second-order valence-corrected chi connectivity index (χ2v) is 7.38. The van der Waals surface area contributed by atoms with E-state index in [4.69, 9.17) is 23.2 Å². The van der Waals surface area contributed by atoms with E-state index in [1.54, 1.807) is 11.9 Å². The van der Waals surface area contributed by atoms with Gasteiger partial charge in [0.25, 0.3) is 0 Å². The molecule has 3 rings (SSSR count). The van der Waals surface area contributed by atoms with E-state index in [0.29, 0.717) is 16.6 Å². The van der Waals surface area contributed by atoms with Crippen molar-refractivity contribution in [2.24, 2.45) is 0 Å². The summed E-state index contributed by atoms with van der Waals surface area (Å²) in [5.41, 5.74) is 2.64. The van der Waals surface area contributed by atoms with Crippen LogP contribution >= 0.6 is 34.5 Å². The van der Waals surface area contributed by atoms with E-state index in [1.165, 1.54) is 11.3 Å². The number of likely N-dealkylation sites (N-methyl/N-ethyl adjacent to an activating group) is 1. The van der Waals surface area contributed by atoms with Crippen LogP contribution < -0.4 is 0 Å². The Labute approximate surface area is 160 Å². The summed E-state index contributed by atoms with van der Waals surface area (Å²) in [4.78, 5) is 18.7. The number of amides is 1. The predicted molar refractivity (Wildman–Crippen MR) is 104 cm³/mol. The smallest absolute Gasteiger partial charge is 0.228 e. The second-order valence-electron chi connectivity index (χ2n) is 5.68. The Kier molecular flexibility index (Phi) is 5.74. The van der Waals surface area contributed by atoms with E-state index < -0.39 is 0 Å². The molecule has 0 radical (unpaired) electrons. The Balaban J connectivity index is 1.66. The summed E-state index contributed by atoms with van der Waals surface area (Å²) in [7, 11) is 1.78. The fourth-order valence-corrected chi connectivity index (χ4v) is 3.79. The summed E-state index contributed by atoms with van der Waals surface area (Å²) < 4.78 is 0. The van der Waals surface area contributed by atoms with Gasteiger partial charge in [-0.05, 0) is 23.8 Å². The quantitative estimate of drug-likeness (QED) is 0.590. The van der Waals surface area contributed by atoms with Gasteiger partial charge in [-0.15, -0.1) is 11.3 Å². The molecule has 25 heavy (non-hydrogen) atoms. The molecule has 2 aromatic carbocycles. The molecule has 0 bridgehead atoms. The number of hydrogen-bond acceptors (Lipinski definition) is 3. The fraction of sp³-hybridized carbons (Fsp3) is 0.158. The SMILES string of the molecule is CN(Cc1cccc(Cl)c1)C(=O)Cc1csc(-c2ccccc2Cl)n1. The first-order valence-corrected chi connectivity index (χ1v) is 9.34. The lowest BCUT2D eigenvalue weighted by atomic mass is 10.2. The first-order valence-electron chi connectivity index (χ1n) is 7.70. The summed E-state index contributed by atoms with van der Waals surface area (Å²) in [5.74, 6) is 0.0102. The van der Waals surface area contributed by atoms with Crippen molar-refractivity contribution in [2.75, 3.05) is 7.05 Å². The molecule has 0 spiro atoms. The minimum Gasteiger partial charge on any atom is -0.341 e. The number of aromatic nitrogens is 1. The van der Waals surface area contributed by atoms with Crippen LogP contribution in [0.4, 0.5) is 0 Å². The predicted octanol–water partition coefficient (Wildman–Crippen LogP) is 5.32. The molecule has 0 aliphatic carbocycles. The number of nitrogens with zero attached hydrogens (tertiary/aromatic N) is 2. The molecule has 0 saturated heterocycles. The Morgan fingerprint density at radius 2 is 1.96 bits per heavy atom. The fourth-order valence-electron chi connectivity index (χ4n) is 2.43. The summed E-state index contributed by atoms with van der Waals surface area (Å²) in [5, 5.41) is 4.06. The van der Waals surface area contributed by atoms with Gasteiger partial charge < -0.3 is 4.90 Å². The highest BCUT2D eigenvalue weighted by Gasteiger charge is 2.14. The highest BCUT2D eigenvalue weighted by atomic mass is 35.5. The van der Waals surface area contributed by atoms with E-state index in [9.17, 15) is 4.79 Å². The molecule has 0 aliphatic rings. The van der Waals surface area contributed by atoms with Gasteiger partial charge in [0.1, 0.15) is 5.01 Å². The largest absolute Gasteiger partial charge is 0.341 e. The molecule has 128 valence electrons. The number of thiazole rings is 1. The number of halogens is 2. The van der Waals surface area contributed by atoms with E-state index in [2.05, 4.69) is 4.98 Å². The zero-order valence-electron chi connectivity index (χ0n) is 13.6. The Bertz CT molecular complexity index is 894. The number of carbonyl (C=O) groups excluding carboxylic acids is 1. The van der Waals surface area contributed by atoms with Gasteiger partial charge in [-0.1, -0.05) is 53.5 Å². The van der Waals surface area contributed by atoms with Crippen molar-refractivity contribution in [2.45, 2.75) is 13.0 Å². The van der Waals surface area contributed by atoms with Crippen LogP contribution in [0.3, 0.4) is 0 Å². The van der Waals surface area contributed by atoms with E-state index in [-0.39, 0.29) is 12.3 Å². The molecule has 1 aromatic heterocycles. The van der Waals surface area contributed by atoms with Crippen LogP contribution in [-0.2, 0) is 17.8 Å². The Morgan fingerprint density at radius 1 is 1.16 bits per heavy atom. The van der Waals surface area contributed by atoms with Gasteiger partial charge in [0, 0.05) is 29.6 Å². The molecule has 0 unspecified atom stereocenters.